The summed E-state index contributed by atoms with van der Waals surface area (Å²) in [7, 11) is 0. The van der Waals surface area contributed by atoms with E-state index < -0.39 is 0 Å². The second-order valence-corrected chi connectivity index (χ2v) is 6.48. The van der Waals surface area contributed by atoms with Crippen LogP contribution in [0.5, 0.6) is 0 Å². The molecular formula is C16H25N5O. The largest absolute Gasteiger partial charge is 0.355 e. The smallest absolute Gasteiger partial charge is 0.274 e. The number of hydrogen-bond donors (Lipinski definition) is 1. The Morgan fingerprint density at radius 1 is 1.23 bits per heavy atom. The third-order valence-corrected chi connectivity index (χ3v) is 4.79. The molecule has 0 bridgehead atoms. The number of carbonyl (C=O) groups excluding carboxylic acids is 1. The van der Waals surface area contributed by atoms with Crippen molar-refractivity contribution in [3.63, 3.8) is 0 Å². The molecule has 120 valence electrons. The van der Waals surface area contributed by atoms with Crippen molar-refractivity contribution in [1.29, 1.82) is 0 Å². The topological polar surface area (TPSA) is 75.3 Å². The molecule has 1 amide bonds. The summed E-state index contributed by atoms with van der Waals surface area (Å²) in [5.74, 6) is 1.24. The van der Waals surface area contributed by atoms with Gasteiger partial charge in [-0.25, -0.2) is 0 Å². The van der Waals surface area contributed by atoms with Crippen LogP contribution in [0.2, 0.25) is 0 Å². The second kappa shape index (κ2) is 6.60. The van der Waals surface area contributed by atoms with Crippen LogP contribution in [0.1, 0.15) is 43.1 Å². The number of piperidine rings is 1. The van der Waals surface area contributed by atoms with Crippen molar-refractivity contribution < 1.29 is 4.79 Å². The predicted molar refractivity (Wildman–Crippen MR) is 85.8 cm³/mol. The second-order valence-electron chi connectivity index (χ2n) is 6.48. The SMILES string of the molecule is C[C@@H](N)[C@H]1CCCN(C(=O)c2ccc(N3CCCC3)nn2)C1. The molecule has 0 radical (unpaired) electrons. The summed E-state index contributed by atoms with van der Waals surface area (Å²) in [6.45, 7) is 5.60. The van der Waals surface area contributed by atoms with Gasteiger partial charge in [0.1, 0.15) is 0 Å². The van der Waals surface area contributed by atoms with Crippen molar-refractivity contribution in [2.45, 2.75) is 38.6 Å². The van der Waals surface area contributed by atoms with Gasteiger partial charge in [0.15, 0.2) is 11.5 Å². The van der Waals surface area contributed by atoms with E-state index in [2.05, 4.69) is 15.1 Å². The number of carbonyl (C=O) groups is 1. The van der Waals surface area contributed by atoms with Crippen molar-refractivity contribution in [3.05, 3.63) is 17.8 Å². The van der Waals surface area contributed by atoms with E-state index in [9.17, 15) is 4.79 Å². The molecule has 2 atom stereocenters. The highest BCUT2D eigenvalue weighted by molar-refractivity contribution is 5.92. The van der Waals surface area contributed by atoms with Crippen molar-refractivity contribution in [2.24, 2.45) is 11.7 Å². The Morgan fingerprint density at radius 2 is 2.00 bits per heavy atom. The maximum absolute atomic E-state index is 12.6. The number of likely N-dealkylation sites (tertiary alicyclic amines) is 1. The first-order chi connectivity index (χ1) is 10.6. The number of rotatable bonds is 3. The van der Waals surface area contributed by atoms with Crippen LogP contribution in [0.25, 0.3) is 0 Å². The van der Waals surface area contributed by atoms with Gasteiger partial charge in [-0.05, 0) is 50.7 Å². The van der Waals surface area contributed by atoms with Crippen LogP contribution in [-0.4, -0.2) is 53.2 Å². The van der Waals surface area contributed by atoms with E-state index in [-0.39, 0.29) is 11.9 Å². The molecule has 2 fully saturated rings. The summed E-state index contributed by atoms with van der Waals surface area (Å²) in [5.41, 5.74) is 6.42. The van der Waals surface area contributed by atoms with E-state index >= 15 is 0 Å². The quantitative estimate of drug-likeness (QED) is 0.910. The van der Waals surface area contributed by atoms with Crippen molar-refractivity contribution in [2.75, 3.05) is 31.1 Å². The Morgan fingerprint density at radius 3 is 2.64 bits per heavy atom. The van der Waals surface area contributed by atoms with Crippen LogP contribution >= 0.6 is 0 Å². The summed E-state index contributed by atoms with van der Waals surface area (Å²) >= 11 is 0. The van der Waals surface area contributed by atoms with Gasteiger partial charge in [0.05, 0.1) is 0 Å². The van der Waals surface area contributed by atoms with Crippen molar-refractivity contribution in [3.8, 4) is 0 Å². The third-order valence-electron chi connectivity index (χ3n) is 4.79. The van der Waals surface area contributed by atoms with Crippen molar-refractivity contribution >= 4 is 11.7 Å². The lowest BCUT2D eigenvalue weighted by molar-refractivity contribution is 0.0654. The van der Waals surface area contributed by atoms with Crippen LogP contribution in [-0.2, 0) is 0 Å². The lowest BCUT2D eigenvalue weighted by atomic mass is 9.92. The number of nitrogens with two attached hydrogens (primary N) is 1. The van der Waals surface area contributed by atoms with Gasteiger partial charge in [0.25, 0.3) is 5.91 Å². The molecule has 1 aromatic heterocycles. The van der Waals surface area contributed by atoms with Crippen LogP contribution in [0.4, 0.5) is 5.82 Å². The van der Waals surface area contributed by atoms with Gasteiger partial charge in [0.2, 0.25) is 0 Å². The minimum absolute atomic E-state index is 0.0224. The number of aromatic nitrogens is 2. The monoisotopic (exact) mass is 303 g/mol. The maximum atomic E-state index is 12.6. The molecule has 3 heterocycles. The standard InChI is InChI=1S/C16H25N5O/c1-12(17)13-5-4-10-21(11-13)16(22)14-6-7-15(19-18-14)20-8-2-3-9-20/h6-7,12-13H,2-5,8-11,17H2,1H3/t12-,13+/m1/s1. The zero-order valence-electron chi connectivity index (χ0n) is 13.2. The minimum atomic E-state index is -0.0224. The summed E-state index contributed by atoms with van der Waals surface area (Å²) in [5, 5.41) is 8.39. The van der Waals surface area contributed by atoms with E-state index in [0.29, 0.717) is 11.6 Å². The molecule has 0 aliphatic carbocycles. The molecule has 3 rings (SSSR count). The van der Waals surface area contributed by atoms with E-state index in [0.717, 1.165) is 44.8 Å². The third kappa shape index (κ3) is 3.21. The number of anilines is 1. The Hall–Kier alpha value is -1.69. The molecule has 2 aliphatic heterocycles. The Labute approximate surface area is 131 Å². The molecule has 2 aliphatic rings. The van der Waals surface area contributed by atoms with Crippen LogP contribution < -0.4 is 10.6 Å². The molecule has 2 saturated heterocycles. The molecule has 0 unspecified atom stereocenters. The molecule has 1 aromatic rings. The molecule has 0 saturated carbocycles. The normalized spacial score (nSPS) is 23.6. The van der Waals surface area contributed by atoms with Gasteiger partial charge >= 0.3 is 0 Å². The fraction of sp³-hybridized carbons (Fsp3) is 0.688. The lowest BCUT2D eigenvalue weighted by Crippen LogP contribution is -2.45. The molecule has 6 heteroatoms. The van der Waals surface area contributed by atoms with E-state index in [1.54, 1.807) is 6.07 Å². The summed E-state index contributed by atoms with van der Waals surface area (Å²) in [6, 6.07) is 3.84. The zero-order valence-corrected chi connectivity index (χ0v) is 13.2. The first kappa shape index (κ1) is 15.2. The Balaban J connectivity index is 1.66. The van der Waals surface area contributed by atoms with Crippen molar-refractivity contribution in [1.82, 2.24) is 15.1 Å². The predicted octanol–water partition coefficient (Wildman–Crippen LogP) is 1.28. The first-order valence-corrected chi connectivity index (χ1v) is 8.28. The van der Waals surface area contributed by atoms with E-state index in [1.807, 2.05) is 17.9 Å². The number of hydrogen-bond acceptors (Lipinski definition) is 5. The zero-order chi connectivity index (χ0) is 15.5. The molecule has 2 N–H and O–H groups in total. The number of nitrogens with zero attached hydrogens (tertiary/aromatic N) is 4. The van der Waals surface area contributed by atoms with Crippen LogP contribution in [0.3, 0.4) is 0 Å². The van der Waals surface area contributed by atoms with Gasteiger partial charge in [-0.3, -0.25) is 4.79 Å². The lowest BCUT2D eigenvalue weighted by Gasteiger charge is -2.34. The summed E-state index contributed by atoms with van der Waals surface area (Å²) in [4.78, 5) is 16.7. The Bertz CT molecular complexity index is 510. The highest BCUT2D eigenvalue weighted by Gasteiger charge is 2.27. The van der Waals surface area contributed by atoms with Crippen LogP contribution in [0, 0.1) is 5.92 Å². The molecular weight excluding hydrogens is 278 g/mol. The van der Waals surface area contributed by atoms with Crippen LogP contribution in [0.15, 0.2) is 12.1 Å². The van der Waals surface area contributed by atoms with Gasteiger partial charge in [0, 0.05) is 32.2 Å². The molecule has 0 aromatic carbocycles. The summed E-state index contributed by atoms with van der Waals surface area (Å²) in [6.07, 6.45) is 4.52. The van der Waals surface area contributed by atoms with Gasteiger partial charge in [-0.15, -0.1) is 10.2 Å². The fourth-order valence-electron chi connectivity index (χ4n) is 3.34. The number of amides is 1. The molecule has 22 heavy (non-hydrogen) atoms. The molecule has 6 nitrogen and oxygen atoms in total. The van der Waals surface area contributed by atoms with Gasteiger partial charge < -0.3 is 15.5 Å². The average molecular weight is 303 g/mol. The maximum Gasteiger partial charge on any atom is 0.274 e. The van der Waals surface area contributed by atoms with E-state index in [1.165, 1.54) is 12.8 Å². The van der Waals surface area contributed by atoms with E-state index in [4.69, 9.17) is 5.73 Å². The highest BCUT2D eigenvalue weighted by atomic mass is 16.2. The van der Waals surface area contributed by atoms with Gasteiger partial charge in [-0.2, -0.15) is 0 Å². The Kier molecular flexibility index (Phi) is 4.57. The summed E-state index contributed by atoms with van der Waals surface area (Å²) < 4.78 is 0. The van der Waals surface area contributed by atoms with Gasteiger partial charge in [-0.1, -0.05) is 0 Å². The first-order valence-electron chi connectivity index (χ1n) is 8.28. The highest BCUT2D eigenvalue weighted by Crippen LogP contribution is 2.21. The minimum Gasteiger partial charge on any atom is -0.355 e. The average Bonchev–Trinajstić information content (AvgIpc) is 3.09. The molecule has 0 spiro atoms. The fourth-order valence-corrected chi connectivity index (χ4v) is 3.34.